The van der Waals surface area contributed by atoms with E-state index in [1.165, 1.54) is 0 Å². The molecule has 2 heterocycles. The molecule has 0 amide bonds. The van der Waals surface area contributed by atoms with E-state index in [0.29, 0.717) is 23.6 Å². The van der Waals surface area contributed by atoms with Gasteiger partial charge in [-0.25, -0.2) is 0 Å². The highest BCUT2D eigenvalue weighted by Crippen LogP contribution is 2.45. The van der Waals surface area contributed by atoms with Gasteiger partial charge in [-0.3, -0.25) is 9.67 Å². The minimum absolute atomic E-state index is 0.0665. The quantitative estimate of drug-likeness (QED) is 0.247. The van der Waals surface area contributed by atoms with Crippen LogP contribution in [0.4, 0.5) is 0 Å². The molecule has 5 rings (SSSR count). The summed E-state index contributed by atoms with van der Waals surface area (Å²) in [6, 6.07) is 21.2. The van der Waals surface area contributed by atoms with Crippen LogP contribution in [0.2, 0.25) is 0 Å². The van der Waals surface area contributed by atoms with E-state index < -0.39 is 0 Å². The molecular weight excluding hydrogens is 510 g/mol. The molecule has 0 aliphatic carbocycles. The van der Waals surface area contributed by atoms with Crippen LogP contribution >= 0.6 is 15.9 Å². The average Bonchev–Trinajstić information content (AvgIpc) is 3.44. The second-order valence-electron chi connectivity index (χ2n) is 7.83. The highest BCUT2D eigenvalue weighted by Gasteiger charge is 2.26. The van der Waals surface area contributed by atoms with Gasteiger partial charge in [0.05, 0.1) is 31.9 Å². The molecular formula is C27H24BrN3O4. The molecule has 5 aromatic rings. The van der Waals surface area contributed by atoms with Crippen molar-refractivity contribution in [2.45, 2.75) is 6.92 Å². The topological polar surface area (TPSA) is 81.5 Å². The lowest BCUT2D eigenvalue weighted by Crippen LogP contribution is -1.98. The minimum Gasteiger partial charge on any atom is -0.494 e. The second-order valence-corrected chi connectivity index (χ2v) is 8.75. The zero-order valence-corrected chi connectivity index (χ0v) is 21.1. The van der Waals surface area contributed by atoms with Crippen LogP contribution in [0.5, 0.6) is 23.1 Å². The van der Waals surface area contributed by atoms with Crippen molar-refractivity contribution in [1.82, 2.24) is 14.8 Å². The van der Waals surface area contributed by atoms with Crippen LogP contribution in [-0.4, -0.2) is 40.7 Å². The predicted molar refractivity (Wildman–Crippen MR) is 140 cm³/mol. The van der Waals surface area contributed by atoms with E-state index in [9.17, 15) is 5.11 Å². The first kappa shape index (κ1) is 22.9. The van der Waals surface area contributed by atoms with E-state index in [-0.39, 0.29) is 5.88 Å². The molecule has 0 fully saturated rings. The van der Waals surface area contributed by atoms with Crippen molar-refractivity contribution in [2.24, 2.45) is 0 Å². The lowest BCUT2D eigenvalue weighted by molar-refractivity contribution is 0.340. The zero-order valence-electron chi connectivity index (χ0n) is 19.5. The van der Waals surface area contributed by atoms with Crippen LogP contribution < -0.4 is 14.2 Å². The van der Waals surface area contributed by atoms with Gasteiger partial charge in [0, 0.05) is 21.3 Å². The number of methoxy groups -OCH3 is 2. The zero-order chi connectivity index (χ0) is 24.5. The van der Waals surface area contributed by atoms with E-state index in [1.54, 1.807) is 14.2 Å². The normalized spacial score (nSPS) is 11.1. The third-order valence-corrected chi connectivity index (χ3v) is 6.37. The van der Waals surface area contributed by atoms with Gasteiger partial charge in [0.2, 0.25) is 5.88 Å². The highest BCUT2D eigenvalue weighted by molar-refractivity contribution is 9.10. The van der Waals surface area contributed by atoms with Crippen molar-refractivity contribution >= 4 is 26.8 Å². The van der Waals surface area contributed by atoms with Crippen LogP contribution in [-0.2, 0) is 0 Å². The molecule has 0 spiro atoms. The van der Waals surface area contributed by atoms with Gasteiger partial charge in [0.15, 0.2) is 11.5 Å². The van der Waals surface area contributed by atoms with Gasteiger partial charge >= 0.3 is 0 Å². The number of hydrogen-bond acceptors (Lipinski definition) is 5. The number of aromatic hydroxyl groups is 1. The molecule has 7 nitrogen and oxygen atoms in total. The molecule has 0 bridgehead atoms. The Bertz CT molecular complexity index is 1490. The van der Waals surface area contributed by atoms with Crippen LogP contribution in [0.3, 0.4) is 0 Å². The number of aromatic amines is 1. The molecule has 2 N–H and O–H groups in total. The Morgan fingerprint density at radius 1 is 0.914 bits per heavy atom. The number of fused-ring (bicyclic) bond motifs is 1. The van der Waals surface area contributed by atoms with Crippen LogP contribution in [0.15, 0.2) is 71.2 Å². The number of rotatable bonds is 7. The van der Waals surface area contributed by atoms with E-state index in [1.807, 2.05) is 78.2 Å². The third-order valence-electron chi connectivity index (χ3n) is 5.84. The molecule has 0 aliphatic heterocycles. The van der Waals surface area contributed by atoms with Gasteiger partial charge in [0.1, 0.15) is 17.0 Å². The summed E-state index contributed by atoms with van der Waals surface area (Å²) < 4.78 is 19.4. The summed E-state index contributed by atoms with van der Waals surface area (Å²) in [7, 11) is 3.21. The van der Waals surface area contributed by atoms with E-state index in [4.69, 9.17) is 14.2 Å². The van der Waals surface area contributed by atoms with Gasteiger partial charge in [0.25, 0.3) is 0 Å². The Morgan fingerprint density at radius 3 is 2.26 bits per heavy atom. The van der Waals surface area contributed by atoms with Crippen molar-refractivity contribution in [2.75, 3.05) is 20.8 Å². The maximum Gasteiger partial charge on any atom is 0.222 e. The second kappa shape index (κ2) is 9.38. The highest BCUT2D eigenvalue weighted by atomic mass is 79.9. The fourth-order valence-electron chi connectivity index (χ4n) is 4.25. The summed E-state index contributed by atoms with van der Waals surface area (Å²) in [5.74, 6) is 2.07. The molecule has 0 radical (unpaired) electrons. The van der Waals surface area contributed by atoms with Crippen LogP contribution in [0.1, 0.15) is 6.92 Å². The van der Waals surface area contributed by atoms with Crippen molar-refractivity contribution in [1.29, 1.82) is 0 Å². The molecule has 178 valence electrons. The molecule has 0 unspecified atom stereocenters. The number of nitrogens with one attached hydrogen (secondary N) is 1. The molecule has 0 saturated carbocycles. The Labute approximate surface area is 211 Å². The van der Waals surface area contributed by atoms with E-state index in [2.05, 4.69) is 26.1 Å². The summed E-state index contributed by atoms with van der Waals surface area (Å²) in [6.07, 6.45) is 0. The van der Waals surface area contributed by atoms with Gasteiger partial charge in [-0.15, -0.1) is 0 Å². The van der Waals surface area contributed by atoms with Gasteiger partial charge in [-0.05, 0) is 73.7 Å². The summed E-state index contributed by atoms with van der Waals surface area (Å²) in [6.45, 7) is 2.55. The molecule has 0 aliphatic rings. The minimum atomic E-state index is 0.0665. The third kappa shape index (κ3) is 4.00. The van der Waals surface area contributed by atoms with Gasteiger partial charge < -0.3 is 19.3 Å². The number of nitrogens with zero attached hydrogens (tertiary/aromatic N) is 2. The molecule has 8 heteroatoms. The number of aromatic nitrogens is 3. The van der Waals surface area contributed by atoms with Crippen molar-refractivity contribution in [3.63, 3.8) is 0 Å². The molecule has 2 aromatic heterocycles. The van der Waals surface area contributed by atoms with Crippen molar-refractivity contribution < 1.29 is 19.3 Å². The lowest BCUT2D eigenvalue weighted by Gasteiger charge is -2.14. The SMILES string of the molecule is CCOc1ccc(-c2n[nH]c3c(O)n(-c4ccc(Br)cc4)c(-c4ccc(OC)c(OC)c4)c23)cc1. The average molecular weight is 534 g/mol. The summed E-state index contributed by atoms with van der Waals surface area (Å²) in [5, 5.41) is 19.8. The lowest BCUT2D eigenvalue weighted by atomic mass is 10.0. The fourth-order valence-corrected chi connectivity index (χ4v) is 4.51. The largest absolute Gasteiger partial charge is 0.494 e. The van der Waals surface area contributed by atoms with Crippen molar-refractivity contribution in [3.05, 3.63) is 71.2 Å². The molecule has 0 saturated heterocycles. The summed E-state index contributed by atoms with van der Waals surface area (Å²) in [4.78, 5) is 0. The van der Waals surface area contributed by atoms with E-state index in [0.717, 1.165) is 43.8 Å². The summed E-state index contributed by atoms with van der Waals surface area (Å²) in [5.41, 5.74) is 4.58. The Kier molecular flexibility index (Phi) is 6.13. The number of ether oxygens (including phenoxy) is 3. The number of H-pyrrole nitrogens is 1. The Morgan fingerprint density at radius 2 is 1.60 bits per heavy atom. The van der Waals surface area contributed by atoms with Crippen molar-refractivity contribution in [3.8, 4) is 51.3 Å². The van der Waals surface area contributed by atoms with Gasteiger partial charge in [-0.1, -0.05) is 15.9 Å². The summed E-state index contributed by atoms with van der Waals surface area (Å²) >= 11 is 3.49. The maximum absolute atomic E-state index is 11.4. The van der Waals surface area contributed by atoms with Crippen LogP contribution in [0, 0.1) is 0 Å². The Balaban J connectivity index is 1.80. The first-order valence-electron chi connectivity index (χ1n) is 11.1. The van der Waals surface area contributed by atoms with Gasteiger partial charge in [-0.2, -0.15) is 5.10 Å². The molecule has 35 heavy (non-hydrogen) atoms. The molecule has 3 aromatic carbocycles. The fraction of sp³-hybridized carbons (Fsp3) is 0.148. The Hall–Kier alpha value is -3.91. The standard InChI is InChI=1S/C27H24BrN3O4/c1-4-35-20-12-5-16(6-13-20)24-23-25(30-29-24)27(32)31(19-10-8-18(28)9-11-19)26(23)17-7-14-21(33-2)22(15-17)34-3/h5-15,30,32H,4H2,1-3H3. The number of benzene rings is 3. The maximum atomic E-state index is 11.4. The first-order chi connectivity index (χ1) is 17.0. The smallest absolute Gasteiger partial charge is 0.222 e. The number of hydrogen-bond donors (Lipinski definition) is 2. The number of halogens is 1. The monoisotopic (exact) mass is 533 g/mol. The van der Waals surface area contributed by atoms with Crippen LogP contribution in [0.25, 0.3) is 39.1 Å². The first-order valence-corrected chi connectivity index (χ1v) is 11.9. The van der Waals surface area contributed by atoms with E-state index >= 15 is 0 Å². The predicted octanol–water partition coefficient (Wildman–Crippen LogP) is 6.57. The molecule has 0 atom stereocenters.